The average Bonchev–Trinajstić information content (AvgIpc) is 2.83. The van der Waals surface area contributed by atoms with E-state index in [0.29, 0.717) is 0 Å². The Morgan fingerprint density at radius 1 is 1.09 bits per heavy atom. The van der Waals surface area contributed by atoms with Crippen LogP contribution in [0.1, 0.15) is 12.0 Å². The molecule has 23 heavy (non-hydrogen) atoms. The van der Waals surface area contributed by atoms with Gasteiger partial charge in [-0.05, 0) is 36.4 Å². The maximum atomic E-state index is 4.56. The van der Waals surface area contributed by atoms with Gasteiger partial charge in [-0.25, -0.2) is 9.97 Å². The second-order valence-corrected chi connectivity index (χ2v) is 6.58. The van der Waals surface area contributed by atoms with Crippen LogP contribution in [-0.2, 0) is 0 Å². The first-order chi connectivity index (χ1) is 11.3. The van der Waals surface area contributed by atoms with Crippen molar-refractivity contribution in [3.05, 3.63) is 35.6 Å². The van der Waals surface area contributed by atoms with Gasteiger partial charge in [-0.3, -0.25) is 0 Å². The fraction of sp³-hybridized carbons (Fsp3) is 0.375. The minimum atomic E-state index is 0.925. The summed E-state index contributed by atoms with van der Waals surface area (Å²) in [7, 11) is 0. The molecular formula is C16H18N6S. The standard InChI is InChI=1S/C16H18N6S/c1-12-10-23-15-14(12)17-11-18-16(15)22-7-3-6-21(8-9-22)13-4-2-5-19-20-13/h2,4-5,10-11H,3,6-9H2,1H3. The van der Waals surface area contributed by atoms with E-state index in [1.807, 2.05) is 12.1 Å². The Morgan fingerprint density at radius 3 is 2.83 bits per heavy atom. The highest BCUT2D eigenvalue weighted by molar-refractivity contribution is 7.18. The van der Waals surface area contributed by atoms with Crippen molar-refractivity contribution in [3.8, 4) is 0 Å². The quantitative estimate of drug-likeness (QED) is 0.721. The third kappa shape index (κ3) is 2.72. The van der Waals surface area contributed by atoms with Crippen LogP contribution in [0.4, 0.5) is 11.6 Å². The first-order valence-electron chi connectivity index (χ1n) is 7.79. The average molecular weight is 326 g/mol. The van der Waals surface area contributed by atoms with Crippen LogP contribution in [0, 0.1) is 6.92 Å². The summed E-state index contributed by atoms with van der Waals surface area (Å²) in [5.41, 5.74) is 2.31. The molecule has 7 heteroatoms. The smallest absolute Gasteiger partial charge is 0.151 e. The molecule has 3 aromatic heterocycles. The van der Waals surface area contributed by atoms with E-state index >= 15 is 0 Å². The molecule has 0 unspecified atom stereocenters. The number of fused-ring (bicyclic) bond motifs is 1. The van der Waals surface area contributed by atoms with Crippen molar-refractivity contribution < 1.29 is 0 Å². The van der Waals surface area contributed by atoms with Crippen molar-refractivity contribution in [2.75, 3.05) is 36.0 Å². The van der Waals surface area contributed by atoms with Crippen LogP contribution in [0.25, 0.3) is 10.2 Å². The van der Waals surface area contributed by atoms with Gasteiger partial charge in [-0.1, -0.05) is 0 Å². The first-order valence-corrected chi connectivity index (χ1v) is 8.67. The number of rotatable bonds is 2. The van der Waals surface area contributed by atoms with Crippen LogP contribution in [0.3, 0.4) is 0 Å². The summed E-state index contributed by atoms with van der Waals surface area (Å²) in [5.74, 6) is 2.02. The molecule has 0 spiro atoms. The number of anilines is 2. The van der Waals surface area contributed by atoms with E-state index in [9.17, 15) is 0 Å². The van der Waals surface area contributed by atoms with Gasteiger partial charge in [0.1, 0.15) is 12.1 Å². The molecule has 3 aromatic rings. The van der Waals surface area contributed by atoms with E-state index < -0.39 is 0 Å². The molecule has 0 bridgehead atoms. The third-order valence-electron chi connectivity index (χ3n) is 4.19. The van der Waals surface area contributed by atoms with E-state index in [2.05, 4.69) is 42.3 Å². The normalized spacial score (nSPS) is 15.9. The molecule has 1 aliphatic heterocycles. The molecule has 1 saturated heterocycles. The molecular weight excluding hydrogens is 308 g/mol. The monoisotopic (exact) mass is 326 g/mol. The molecule has 4 rings (SSSR count). The van der Waals surface area contributed by atoms with Gasteiger partial charge in [-0.2, -0.15) is 5.10 Å². The first kappa shape index (κ1) is 14.3. The number of aromatic nitrogens is 4. The van der Waals surface area contributed by atoms with E-state index in [4.69, 9.17) is 0 Å². The second-order valence-electron chi connectivity index (χ2n) is 5.70. The Hall–Kier alpha value is -2.28. The van der Waals surface area contributed by atoms with E-state index in [1.165, 1.54) is 10.3 Å². The van der Waals surface area contributed by atoms with Crippen LogP contribution in [0.5, 0.6) is 0 Å². The van der Waals surface area contributed by atoms with Crippen molar-refractivity contribution >= 4 is 33.2 Å². The van der Waals surface area contributed by atoms with Crippen molar-refractivity contribution in [1.29, 1.82) is 0 Å². The SMILES string of the molecule is Cc1csc2c(N3CCCN(c4cccnn4)CC3)ncnc12. The summed E-state index contributed by atoms with van der Waals surface area (Å²) < 4.78 is 1.19. The molecule has 4 heterocycles. The van der Waals surface area contributed by atoms with Gasteiger partial charge in [-0.15, -0.1) is 16.4 Å². The van der Waals surface area contributed by atoms with Crippen LogP contribution >= 0.6 is 11.3 Å². The lowest BCUT2D eigenvalue weighted by Crippen LogP contribution is -2.31. The van der Waals surface area contributed by atoms with Gasteiger partial charge in [0.25, 0.3) is 0 Å². The molecule has 1 fully saturated rings. The van der Waals surface area contributed by atoms with Crippen molar-refractivity contribution in [2.24, 2.45) is 0 Å². The predicted molar refractivity (Wildman–Crippen MR) is 93.2 cm³/mol. The fourth-order valence-electron chi connectivity index (χ4n) is 3.00. The van der Waals surface area contributed by atoms with E-state index in [1.54, 1.807) is 23.9 Å². The summed E-state index contributed by atoms with van der Waals surface area (Å²) in [6.07, 6.45) is 4.47. The van der Waals surface area contributed by atoms with Crippen LogP contribution in [-0.4, -0.2) is 46.3 Å². The summed E-state index contributed by atoms with van der Waals surface area (Å²) in [6, 6.07) is 3.96. The number of thiophene rings is 1. The Bertz CT molecular complexity index is 803. The zero-order valence-electron chi connectivity index (χ0n) is 13.0. The Labute approximate surface area is 138 Å². The highest BCUT2D eigenvalue weighted by Crippen LogP contribution is 2.31. The zero-order valence-corrected chi connectivity index (χ0v) is 13.8. The van der Waals surface area contributed by atoms with Gasteiger partial charge in [0.2, 0.25) is 0 Å². The van der Waals surface area contributed by atoms with Crippen LogP contribution < -0.4 is 9.80 Å². The van der Waals surface area contributed by atoms with Gasteiger partial charge < -0.3 is 9.80 Å². The largest absolute Gasteiger partial charge is 0.353 e. The number of aryl methyl sites for hydroxylation is 1. The van der Waals surface area contributed by atoms with E-state index in [0.717, 1.165) is 49.8 Å². The number of hydrogen-bond donors (Lipinski definition) is 0. The maximum Gasteiger partial charge on any atom is 0.151 e. The topological polar surface area (TPSA) is 58.0 Å². The van der Waals surface area contributed by atoms with Gasteiger partial charge in [0.05, 0.1) is 10.2 Å². The van der Waals surface area contributed by atoms with Gasteiger partial charge in [0, 0.05) is 32.4 Å². The predicted octanol–water partition coefficient (Wildman–Crippen LogP) is 2.51. The summed E-state index contributed by atoms with van der Waals surface area (Å²) in [6.45, 7) is 5.95. The molecule has 0 amide bonds. The molecule has 0 aromatic carbocycles. The summed E-state index contributed by atoms with van der Waals surface area (Å²) >= 11 is 1.74. The molecule has 0 radical (unpaired) electrons. The highest BCUT2D eigenvalue weighted by Gasteiger charge is 2.20. The van der Waals surface area contributed by atoms with Crippen LogP contribution in [0.2, 0.25) is 0 Å². The molecule has 0 aliphatic carbocycles. The van der Waals surface area contributed by atoms with Gasteiger partial charge in [0.15, 0.2) is 5.82 Å². The Morgan fingerprint density at radius 2 is 1.96 bits per heavy atom. The van der Waals surface area contributed by atoms with E-state index in [-0.39, 0.29) is 0 Å². The molecule has 1 aliphatic rings. The summed E-state index contributed by atoms with van der Waals surface area (Å²) in [4.78, 5) is 13.7. The van der Waals surface area contributed by atoms with Gasteiger partial charge >= 0.3 is 0 Å². The zero-order chi connectivity index (χ0) is 15.6. The lowest BCUT2D eigenvalue weighted by Gasteiger charge is -2.23. The Kier molecular flexibility index (Phi) is 3.78. The highest BCUT2D eigenvalue weighted by atomic mass is 32.1. The van der Waals surface area contributed by atoms with Crippen molar-refractivity contribution in [2.45, 2.75) is 13.3 Å². The molecule has 0 N–H and O–H groups in total. The lowest BCUT2D eigenvalue weighted by molar-refractivity contribution is 0.785. The molecule has 118 valence electrons. The lowest BCUT2D eigenvalue weighted by atomic mass is 10.3. The summed E-state index contributed by atoms with van der Waals surface area (Å²) in [5, 5.41) is 10.4. The van der Waals surface area contributed by atoms with Crippen molar-refractivity contribution in [1.82, 2.24) is 20.2 Å². The third-order valence-corrected chi connectivity index (χ3v) is 5.27. The van der Waals surface area contributed by atoms with Crippen LogP contribution in [0.15, 0.2) is 30.0 Å². The van der Waals surface area contributed by atoms with Crippen molar-refractivity contribution in [3.63, 3.8) is 0 Å². The number of nitrogens with zero attached hydrogens (tertiary/aromatic N) is 6. The molecule has 6 nitrogen and oxygen atoms in total. The fourth-order valence-corrected chi connectivity index (χ4v) is 4.02. The second kappa shape index (κ2) is 6.08. The maximum absolute atomic E-state index is 4.56. The minimum Gasteiger partial charge on any atom is -0.353 e. The molecule has 0 atom stereocenters. The molecule has 0 saturated carbocycles. The minimum absolute atomic E-state index is 0.925. The number of hydrogen-bond acceptors (Lipinski definition) is 7. The Balaban J connectivity index is 1.59.